The second-order valence-electron chi connectivity index (χ2n) is 4.83. The molecule has 1 aliphatic heterocycles. The first kappa shape index (κ1) is 15.8. The first-order valence-corrected chi connectivity index (χ1v) is 9.30. The van der Waals surface area contributed by atoms with Crippen LogP contribution in [-0.2, 0) is 16.6 Å². The number of nitrogens with one attached hydrogen (secondary N) is 1. The van der Waals surface area contributed by atoms with Crippen molar-refractivity contribution in [3.63, 3.8) is 0 Å². The molecule has 0 amide bonds. The molecule has 7 heteroatoms. The van der Waals surface area contributed by atoms with Gasteiger partial charge in [-0.1, -0.05) is 19.9 Å². The quantitative estimate of drug-likeness (QED) is 0.888. The van der Waals surface area contributed by atoms with E-state index in [0.29, 0.717) is 24.9 Å². The summed E-state index contributed by atoms with van der Waals surface area (Å²) in [4.78, 5) is 4.13. The minimum atomic E-state index is -3.44. The largest absolute Gasteiger partial charge is 0.313 e. The summed E-state index contributed by atoms with van der Waals surface area (Å²) in [5, 5.41) is 3.68. The average Bonchev–Trinajstić information content (AvgIpc) is 2.45. The van der Waals surface area contributed by atoms with Crippen molar-refractivity contribution in [2.24, 2.45) is 0 Å². The molecule has 0 aliphatic carbocycles. The maximum Gasteiger partial charge on any atom is 0.260 e. The zero-order valence-electron chi connectivity index (χ0n) is 11.9. The number of thioether (sulfide) groups is 1. The van der Waals surface area contributed by atoms with Gasteiger partial charge in [0.15, 0.2) is 5.03 Å². The molecule has 1 N–H and O–H groups in total. The van der Waals surface area contributed by atoms with Crippen LogP contribution >= 0.6 is 11.8 Å². The van der Waals surface area contributed by atoms with E-state index >= 15 is 0 Å². The van der Waals surface area contributed by atoms with Gasteiger partial charge in [-0.05, 0) is 18.2 Å². The Morgan fingerprint density at radius 2 is 2.30 bits per heavy atom. The van der Waals surface area contributed by atoms with E-state index in [1.54, 1.807) is 16.6 Å². The Kier molecular flexibility index (Phi) is 5.42. The molecule has 1 fully saturated rings. The molecule has 112 valence electrons. The molecule has 1 aromatic heterocycles. The summed E-state index contributed by atoms with van der Waals surface area (Å²) in [6, 6.07) is 3.43. The van der Waals surface area contributed by atoms with E-state index in [1.165, 1.54) is 0 Å². The molecule has 0 bridgehead atoms. The van der Waals surface area contributed by atoms with Gasteiger partial charge in [-0.3, -0.25) is 0 Å². The van der Waals surface area contributed by atoms with E-state index < -0.39 is 10.0 Å². The molecule has 2 rings (SSSR count). The predicted molar refractivity (Wildman–Crippen MR) is 82.3 cm³/mol. The second kappa shape index (κ2) is 6.89. The molecule has 1 unspecified atom stereocenters. The molecular weight excluding hydrogens is 294 g/mol. The highest BCUT2D eigenvalue weighted by atomic mass is 32.2. The zero-order valence-corrected chi connectivity index (χ0v) is 13.5. The molecule has 0 aromatic carbocycles. The lowest BCUT2D eigenvalue weighted by Crippen LogP contribution is -2.41. The second-order valence-corrected chi connectivity index (χ2v) is 8.26. The Morgan fingerprint density at radius 1 is 1.50 bits per heavy atom. The van der Waals surface area contributed by atoms with Crippen molar-refractivity contribution in [2.45, 2.75) is 30.7 Å². The van der Waals surface area contributed by atoms with Gasteiger partial charge < -0.3 is 5.32 Å². The van der Waals surface area contributed by atoms with Crippen molar-refractivity contribution in [2.75, 3.05) is 25.4 Å². The van der Waals surface area contributed by atoms with E-state index in [4.69, 9.17) is 0 Å². The van der Waals surface area contributed by atoms with Gasteiger partial charge in [0.25, 0.3) is 10.0 Å². The molecule has 1 aromatic rings. The van der Waals surface area contributed by atoms with Crippen LogP contribution in [0.1, 0.15) is 19.4 Å². The SMILES string of the molecule is CCNCc1ccc(S(=O)(=O)N2CCSC(C)C2)nc1. The highest BCUT2D eigenvalue weighted by molar-refractivity contribution is 8.00. The number of hydrogen-bond acceptors (Lipinski definition) is 5. The van der Waals surface area contributed by atoms with Crippen molar-refractivity contribution >= 4 is 21.8 Å². The van der Waals surface area contributed by atoms with Crippen molar-refractivity contribution < 1.29 is 8.42 Å². The monoisotopic (exact) mass is 315 g/mol. The third-order valence-electron chi connectivity index (χ3n) is 3.18. The van der Waals surface area contributed by atoms with Crippen LogP contribution in [-0.4, -0.2) is 48.3 Å². The summed E-state index contributed by atoms with van der Waals surface area (Å²) in [5.41, 5.74) is 0.994. The van der Waals surface area contributed by atoms with Crippen LogP contribution in [0.5, 0.6) is 0 Å². The number of pyridine rings is 1. The summed E-state index contributed by atoms with van der Waals surface area (Å²) in [5.74, 6) is 0.846. The fourth-order valence-electron chi connectivity index (χ4n) is 2.07. The normalized spacial score (nSPS) is 21.0. The Hall–Kier alpha value is -0.630. The van der Waals surface area contributed by atoms with Crippen LogP contribution in [0.4, 0.5) is 0 Å². The average molecular weight is 315 g/mol. The van der Waals surface area contributed by atoms with Crippen LogP contribution in [0, 0.1) is 0 Å². The third-order valence-corrected chi connectivity index (χ3v) is 6.10. The lowest BCUT2D eigenvalue weighted by molar-refractivity contribution is 0.422. The van der Waals surface area contributed by atoms with Gasteiger partial charge in [0.1, 0.15) is 0 Å². The lowest BCUT2D eigenvalue weighted by Gasteiger charge is -2.29. The van der Waals surface area contributed by atoms with E-state index in [1.807, 2.05) is 24.8 Å². The molecule has 0 spiro atoms. The van der Waals surface area contributed by atoms with E-state index in [0.717, 1.165) is 17.9 Å². The van der Waals surface area contributed by atoms with E-state index in [9.17, 15) is 8.42 Å². The molecule has 20 heavy (non-hydrogen) atoms. The van der Waals surface area contributed by atoms with Gasteiger partial charge in [0.05, 0.1) is 0 Å². The fourth-order valence-corrected chi connectivity index (χ4v) is 4.74. The van der Waals surface area contributed by atoms with Crippen molar-refractivity contribution in [1.29, 1.82) is 0 Å². The minimum Gasteiger partial charge on any atom is -0.313 e. The highest BCUT2D eigenvalue weighted by Crippen LogP contribution is 2.23. The zero-order chi connectivity index (χ0) is 14.6. The third kappa shape index (κ3) is 3.72. The summed E-state index contributed by atoms with van der Waals surface area (Å²) in [6.07, 6.45) is 1.64. The Bertz CT molecular complexity index is 531. The molecule has 1 aliphatic rings. The van der Waals surface area contributed by atoms with Crippen LogP contribution in [0.25, 0.3) is 0 Å². The number of rotatable bonds is 5. The Balaban J connectivity index is 2.12. The maximum atomic E-state index is 12.5. The fraction of sp³-hybridized carbons (Fsp3) is 0.615. The Labute approximate surface area is 125 Å². The minimum absolute atomic E-state index is 0.150. The van der Waals surface area contributed by atoms with Gasteiger partial charge in [0.2, 0.25) is 0 Å². The summed E-state index contributed by atoms with van der Waals surface area (Å²) in [7, 11) is -3.44. The standard InChI is InChI=1S/C13H21N3O2S2/c1-3-14-8-12-4-5-13(15-9-12)20(17,18)16-6-7-19-11(2)10-16/h4-5,9,11,14H,3,6-8,10H2,1-2H3. The molecule has 1 saturated heterocycles. The van der Waals surface area contributed by atoms with Gasteiger partial charge in [-0.2, -0.15) is 16.1 Å². The predicted octanol–water partition coefficient (Wildman–Crippen LogP) is 1.32. The number of hydrogen-bond donors (Lipinski definition) is 1. The van der Waals surface area contributed by atoms with E-state index in [2.05, 4.69) is 17.2 Å². The van der Waals surface area contributed by atoms with Crippen molar-refractivity contribution in [3.8, 4) is 0 Å². The van der Waals surface area contributed by atoms with Gasteiger partial charge in [-0.25, -0.2) is 13.4 Å². The lowest BCUT2D eigenvalue weighted by atomic mass is 10.3. The van der Waals surface area contributed by atoms with Crippen LogP contribution < -0.4 is 5.32 Å². The summed E-state index contributed by atoms with van der Waals surface area (Å²) >= 11 is 1.81. The molecule has 1 atom stereocenters. The van der Waals surface area contributed by atoms with Gasteiger partial charge in [-0.15, -0.1) is 0 Å². The first-order chi connectivity index (χ1) is 9.54. The maximum absolute atomic E-state index is 12.5. The molecular formula is C13H21N3O2S2. The summed E-state index contributed by atoms with van der Waals surface area (Å²) < 4.78 is 26.5. The van der Waals surface area contributed by atoms with E-state index in [-0.39, 0.29) is 5.03 Å². The smallest absolute Gasteiger partial charge is 0.260 e. The molecule has 2 heterocycles. The topological polar surface area (TPSA) is 62.3 Å². The number of aromatic nitrogens is 1. The van der Waals surface area contributed by atoms with Gasteiger partial charge >= 0.3 is 0 Å². The highest BCUT2D eigenvalue weighted by Gasteiger charge is 2.29. The van der Waals surface area contributed by atoms with Gasteiger partial charge in [0, 0.05) is 36.8 Å². The summed E-state index contributed by atoms with van der Waals surface area (Å²) in [6.45, 7) is 6.80. The first-order valence-electron chi connectivity index (χ1n) is 6.81. The number of sulfonamides is 1. The van der Waals surface area contributed by atoms with Crippen LogP contribution in [0.3, 0.4) is 0 Å². The molecule has 0 radical (unpaired) electrons. The van der Waals surface area contributed by atoms with Crippen molar-refractivity contribution in [3.05, 3.63) is 23.9 Å². The molecule has 5 nitrogen and oxygen atoms in total. The molecule has 0 saturated carbocycles. The van der Waals surface area contributed by atoms with Crippen LogP contribution in [0.2, 0.25) is 0 Å². The Morgan fingerprint density at radius 3 is 2.90 bits per heavy atom. The number of nitrogens with zero attached hydrogens (tertiary/aromatic N) is 2. The van der Waals surface area contributed by atoms with Crippen molar-refractivity contribution in [1.82, 2.24) is 14.6 Å². The van der Waals surface area contributed by atoms with Crippen LogP contribution in [0.15, 0.2) is 23.4 Å².